The predicted octanol–water partition coefficient (Wildman–Crippen LogP) is 1.97. The molecular formula is C10H9BrClFO4. The number of aromatic carboxylic acids is 1. The van der Waals surface area contributed by atoms with E-state index in [1.165, 1.54) is 0 Å². The second-order valence-corrected chi connectivity index (χ2v) is 4.38. The van der Waals surface area contributed by atoms with Crippen LogP contribution < -0.4 is 0 Å². The van der Waals surface area contributed by atoms with Gasteiger partial charge < -0.3 is 15.3 Å². The van der Waals surface area contributed by atoms with Crippen LogP contribution in [0.1, 0.15) is 22.0 Å². The van der Waals surface area contributed by atoms with Crippen LogP contribution in [0.25, 0.3) is 0 Å². The summed E-state index contributed by atoms with van der Waals surface area (Å²) in [5.41, 5.74) is -0.639. The molecule has 0 radical (unpaired) electrons. The maximum atomic E-state index is 13.5. The van der Waals surface area contributed by atoms with Gasteiger partial charge >= 0.3 is 5.97 Å². The van der Waals surface area contributed by atoms with Gasteiger partial charge in [0, 0.05) is 10.9 Å². The Hall–Kier alpha value is -0.690. The van der Waals surface area contributed by atoms with Gasteiger partial charge in [-0.05, 0) is 12.1 Å². The van der Waals surface area contributed by atoms with Gasteiger partial charge in [0.15, 0.2) is 0 Å². The minimum atomic E-state index is -1.48. The quantitative estimate of drug-likeness (QED) is 0.739. The van der Waals surface area contributed by atoms with Crippen molar-refractivity contribution < 1.29 is 24.5 Å². The Morgan fingerprint density at radius 1 is 1.47 bits per heavy atom. The lowest BCUT2D eigenvalue weighted by Crippen LogP contribution is -2.21. The molecule has 1 aromatic rings. The molecule has 0 saturated heterocycles. The number of aliphatic hydroxyl groups excluding tert-OH is 2. The van der Waals surface area contributed by atoms with E-state index in [2.05, 4.69) is 15.9 Å². The highest BCUT2D eigenvalue weighted by molar-refractivity contribution is 9.09. The molecule has 0 fully saturated rings. The van der Waals surface area contributed by atoms with Crippen LogP contribution in [-0.4, -0.2) is 32.7 Å². The molecule has 7 heteroatoms. The molecule has 0 amide bonds. The fraction of sp³-hybridized carbons (Fsp3) is 0.300. The van der Waals surface area contributed by atoms with Gasteiger partial charge in [0.2, 0.25) is 0 Å². The van der Waals surface area contributed by atoms with Crippen LogP contribution in [0.3, 0.4) is 0 Å². The third-order valence-corrected chi connectivity index (χ3v) is 3.13. The van der Waals surface area contributed by atoms with Crippen molar-refractivity contribution in [3.05, 3.63) is 34.1 Å². The molecular weight excluding hydrogens is 318 g/mol. The number of carboxylic acids is 1. The number of benzene rings is 1. The number of carboxylic acid groups (broad SMARTS) is 1. The molecule has 0 aromatic heterocycles. The summed E-state index contributed by atoms with van der Waals surface area (Å²) in [6.45, 7) is 0. The van der Waals surface area contributed by atoms with Crippen LogP contribution in [0, 0.1) is 5.82 Å². The number of rotatable bonds is 4. The molecule has 4 nitrogen and oxygen atoms in total. The van der Waals surface area contributed by atoms with Crippen molar-refractivity contribution in [2.24, 2.45) is 0 Å². The van der Waals surface area contributed by atoms with E-state index in [0.29, 0.717) is 6.07 Å². The average molecular weight is 328 g/mol. The molecule has 2 unspecified atom stereocenters. The Balaban J connectivity index is 3.20. The van der Waals surface area contributed by atoms with E-state index < -0.39 is 29.6 Å². The molecule has 1 aromatic carbocycles. The molecule has 3 N–H and O–H groups in total. The zero-order chi connectivity index (χ0) is 13.2. The minimum Gasteiger partial charge on any atom is -0.478 e. The first-order valence-corrected chi connectivity index (χ1v) is 6.02. The molecule has 0 spiro atoms. The van der Waals surface area contributed by atoms with Crippen molar-refractivity contribution in [2.45, 2.75) is 12.2 Å². The van der Waals surface area contributed by atoms with Gasteiger partial charge in [-0.2, -0.15) is 0 Å². The van der Waals surface area contributed by atoms with Gasteiger partial charge in [-0.15, -0.1) is 0 Å². The van der Waals surface area contributed by atoms with E-state index in [4.69, 9.17) is 16.7 Å². The van der Waals surface area contributed by atoms with Crippen molar-refractivity contribution >= 4 is 33.5 Å². The van der Waals surface area contributed by atoms with Crippen LogP contribution in [0.2, 0.25) is 5.02 Å². The smallest absolute Gasteiger partial charge is 0.337 e. The Morgan fingerprint density at radius 2 is 2.06 bits per heavy atom. The van der Waals surface area contributed by atoms with Crippen LogP contribution >= 0.6 is 27.5 Å². The molecule has 0 heterocycles. The second-order valence-electron chi connectivity index (χ2n) is 3.33. The van der Waals surface area contributed by atoms with Crippen LogP contribution in [0.4, 0.5) is 4.39 Å². The van der Waals surface area contributed by atoms with Crippen molar-refractivity contribution in [3.8, 4) is 0 Å². The van der Waals surface area contributed by atoms with Gasteiger partial charge in [0.1, 0.15) is 11.9 Å². The average Bonchev–Trinajstić information content (AvgIpc) is 2.29. The first kappa shape index (κ1) is 14.4. The maximum absolute atomic E-state index is 13.5. The van der Waals surface area contributed by atoms with Crippen LogP contribution in [-0.2, 0) is 0 Å². The van der Waals surface area contributed by atoms with Crippen LogP contribution in [0.5, 0.6) is 0 Å². The SMILES string of the molecule is O=C(O)c1cc(F)c(C(O)C(O)CBr)cc1Cl. The molecule has 0 saturated carbocycles. The van der Waals surface area contributed by atoms with E-state index >= 15 is 0 Å². The summed E-state index contributed by atoms with van der Waals surface area (Å²) >= 11 is 8.57. The molecule has 0 aliphatic heterocycles. The van der Waals surface area contributed by atoms with Crippen molar-refractivity contribution in [3.63, 3.8) is 0 Å². The van der Waals surface area contributed by atoms with Crippen molar-refractivity contribution in [1.29, 1.82) is 0 Å². The third-order valence-electron chi connectivity index (χ3n) is 2.16. The molecule has 94 valence electrons. The number of halogens is 3. The Labute approximate surface area is 110 Å². The highest BCUT2D eigenvalue weighted by Gasteiger charge is 2.23. The molecule has 0 aliphatic carbocycles. The van der Waals surface area contributed by atoms with Gasteiger partial charge in [0.05, 0.1) is 16.7 Å². The summed E-state index contributed by atoms with van der Waals surface area (Å²) in [5.74, 6) is -2.30. The number of alkyl halides is 1. The van der Waals surface area contributed by atoms with Gasteiger partial charge in [0.25, 0.3) is 0 Å². The summed E-state index contributed by atoms with van der Waals surface area (Å²) in [4.78, 5) is 10.7. The highest BCUT2D eigenvalue weighted by atomic mass is 79.9. The first-order valence-electron chi connectivity index (χ1n) is 4.52. The third kappa shape index (κ3) is 3.16. The van der Waals surface area contributed by atoms with Crippen molar-refractivity contribution in [2.75, 3.05) is 5.33 Å². The molecule has 0 aliphatic rings. The number of aliphatic hydroxyl groups is 2. The summed E-state index contributed by atoms with van der Waals surface area (Å²) in [7, 11) is 0. The number of hydrogen-bond acceptors (Lipinski definition) is 3. The lowest BCUT2D eigenvalue weighted by atomic mass is 10.0. The number of carbonyl (C=O) groups is 1. The van der Waals surface area contributed by atoms with Crippen molar-refractivity contribution in [1.82, 2.24) is 0 Å². The van der Waals surface area contributed by atoms with E-state index in [-0.39, 0.29) is 15.9 Å². The van der Waals surface area contributed by atoms with E-state index in [9.17, 15) is 19.4 Å². The first-order chi connectivity index (χ1) is 7.88. The Morgan fingerprint density at radius 3 is 2.53 bits per heavy atom. The summed E-state index contributed by atoms with van der Waals surface area (Å²) in [6.07, 6.45) is -2.69. The fourth-order valence-electron chi connectivity index (χ4n) is 1.24. The topological polar surface area (TPSA) is 77.8 Å². The normalized spacial score (nSPS) is 14.4. The minimum absolute atomic E-state index is 0.0475. The maximum Gasteiger partial charge on any atom is 0.337 e. The Bertz CT molecular complexity index is 441. The predicted molar refractivity (Wildman–Crippen MR) is 63.1 cm³/mol. The lowest BCUT2D eigenvalue weighted by Gasteiger charge is -2.17. The van der Waals surface area contributed by atoms with Gasteiger partial charge in [-0.25, -0.2) is 9.18 Å². The zero-order valence-electron chi connectivity index (χ0n) is 8.40. The summed E-state index contributed by atoms with van der Waals surface area (Å²) in [6, 6.07) is 1.71. The molecule has 0 bridgehead atoms. The fourth-order valence-corrected chi connectivity index (χ4v) is 1.85. The standard InChI is InChI=1S/C10H9BrClFO4/c11-3-8(14)9(15)5-1-6(12)4(10(16)17)2-7(5)13/h1-2,8-9,14-15H,3H2,(H,16,17). The highest BCUT2D eigenvalue weighted by Crippen LogP contribution is 2.27. The summed E-state index contributed by atoms with van der Waals surface area (Å²) < 4.78 is 13.5. The zero-order valence-corrected chi connectivity index (χ0v) is 10.7. The Kier molecular flexibility index (Phi) is 4.88. The number of hydrogen-bond donors (Lipinski definition) is 3. The van der Waals surface area contributed by atoms with E-state index in [1.807, 2.05) is 0 Å². The van der Waals surface area contributed by atoms with Crippen LogP contribution in [0.15, 0.2) is 12.1 Å². The summed E-state index contributed by atoms with van der Waals surface area (Å²) in [5, 5.41) is 27.5. The van der Waals surface area contributed by atoms with Gasteiger partial charge in [-0.1, -0.05) is 27.5 Å². The monoisotopic (exact) mass is 326 g/mol. The molecule has 17 heavy (non-hydrogen) atoms. The largest absolute Gasteiger partial charge is 0.478 e. The molecule has 2 atom stereocenters. The van der Waals surface area contributed by atoms with E-state index in [1.54, 1.807) is 0 Å². The van der Waals surface area contributed by atoms with E-state index in [0.717, 1.165) is 6.07 Å². The van der Waals surface area contributed by atoms with Gasteiger partial charge in [-0.3, -0.25) is 0 Å². The lowest BCUT2D eigenvalue weighted by molar-refractivity contribution is 0.0319. The second kappa shape index (κ2) is 5.77. The molecule has 1 rings (SSSR count).